The third-order valence-corrected chi connectivity index (χ3v) is 3.60. The number of carbonyl (C=O) groups is 1. The van der Waals surface area contributed by atoms with Crippen LogP contribution in [-0.2, 0) is 13.2 Å². The molecule has 1 amide bonds. The number of benzene rings is 1. The summed E-state index contributed by atoms with van der Waals surface area (Å²) in [6.45, 7) is 2.36. The number of halogens is 1. The lowest BCUT2D eigenvalue weighted by molar-refractivity contribution is 0.0739. The number of hydrogen-bond acceptors (Lipinski definition) is 4. The van der Waals surface area contributed by atoms with Gasteiger partial charge in [0.05, 0.1) is 6.54 Å². The summed E-state index contributed by atoms with van der Waals surface area (Å²) in [5, 5.41) is 0. The van der Waals surface area contributed by atoms with Crippen molar-refractivity contribution in [3.8, 4) is 5.75 Å². The van der Waals surface area contributed by atoms with E-state index in [0.29, 0.717) is 23.8 Å². The number of carbonyl (C=O) groups excluding carboxylic acids is 1. The van der Waals surface area contributed by atoms with Crippen LogP contribution in [0.2, 0.25) is 0 Å². The molecule has 3 rings (SSSR count). The summed E-state index contributed by atoms with van der Waals surface area (Å²) in [6.07, 6.45) is 0. The van der Waals surface area contributed by atoms with E-state index in [4.69, 9.17) is 13.6 Å². The van der Waals surface area contributed by atoms with Gasteiger partial charge >= 0.3 is 0 Å². The Labute approximate surface area is 144 Å². The smallest absolute Gasteiger partial charge is 0.289 e. The summed E-state index contributed by atoms with van der Waals surface area (Å²) >= 11 is 0. The molecule has 0 spiro atoms. The lowest BCUT2D eigenvalue weighted by Crippen LogP contribution is -2.25. The van der Waals surface area contributed by atoms with Crippen LogP contribution in [0.25, 0.3) is 0 Å². The molecule has 0 radical (unpaired) electrons. The molecule has 5 nitrogen and oxygen atoms in total. The summed E-state index contributed by atoms with van der Waals surface area (Å²) in [7, 11) is 1.68. The van der Waals surface area contributed by atoms with Gasteiger partial charge in [-0.3, -0.25) is 4.79 Å². The molecule has 0 aliphatic heterocycles. The zero-order chi connectivity index (χ0) is 17.8. The Morgan fingerprint density at radius 3 is 2.44 bits per heavy atom. The molecular weight excluding hydrogens is 325 g/mol. The minimum atomic E-state index is -0.326. The third-order valence-electron chi connectivity index (χ3n) is 3.60. The van der Waals surface area contributed by atoms with Crippen LogP contribution in [0.1, 0.15) is 27.8 Å². The molecule has 0 atom stereocenters. The van der Waals surface area contributed by atoms with Gasteiger partial charge in [0.25, 0.3) is 5.91 Å². The fraction of sp³-hybridized carbons (Fsp3) is 0.211. The summed E-state index contributed by atoms with van der Waals surface area (Å²) in [5.41, 5.74) is 0. The number of ether oxygens (including phenoxy) is 1. The fourth-order valence-electron chi connectivity index (χ4n) is 2.32. The van der Waals surface area contributed by atoms with E-state index in [1.165, 1.54) is 29.2 Å². The molecule has 3 aromatic rings. The average molecular weight is 343 g/mol. The van der Waals surface area contributed by atoms with Crippen LogP contribution in [0.5, 0.6) is 5.75 Å². The maximum Gasteiger partial charge on any atom is 0.289 e. The molecule has 0 aliphatic rings. The van der Waals surface area contributed by atoms with E-state index in [9.17, 15) is 9.18 Å². The second kappa shape index (κ2) is 7.25. The van der Waals surface area contributed by atoms with Crippen molar-refractivity contribution in [2.45, 2.75) is 20.1 Å². The zero-order valence-corrected chi connectivity index (χ0v) is 14.0. The van der Waals surface area contributed by atoms with Crippen molar-refractivity contribution >= 4 is 5.91 Å². The number of hydrogen-bond donors (Lipinski definition) is 0. The minimum Gasteiger partial charge on any atom is -0.486 e. The molecule has 25 heavy (non-hydrogen) atoms. The van der Waals surface area contributed by atoms with E-state index < -0.39 is 0 Å². The molecule has 0 fully saturated rings. The minimum absolute atomic E-state index is 0.153. The van der Waals surface area contributed by atoms with Gasteiger partial charge in [-0.1, -0.05) is 0 Å². The molecule has 130 valence electrons. The highest BCUT2D eigenvalue weighted by Crippen LogP contribution is 2.17. The normalized spacial score (nSPS) is 10.7. The first kappa shape index (κ1) is 16.8. The lowest BCUT2D eigenvalue weighted by Gasteiger charge is -2.13. The zero-order valence-electron chi connectivity index (χ0n) is 14.0. The van der Waals surface area contributed by atoms with Gasteiger partial charge in [0.2, 0.25) is 0 Å². The maximum absolute atomic E-state index is 12.9. The molecule has 1 aromatic carbocycles. The Hall–Kier alpha value is -3.02. The number of furan rings is 2. The third kappa shape index (κ3) is 4.29. The molecule has 0 saturated carbocycles. The van der Waals surface area contributed by atoms with Gasteiger partial charge in [0, 0.05) is 7.05 Å². The van der Waals surface area contributed by atoms with Crippen LogP contribution in [0.3, 0.4) is 0 Å². The second-order valence-electron chi connectivity index (χ2n) is 5.68. The number of nitrogens with zero attached hydrogens (tertiary/aromatic N) is 1. The van der Waals surface area contributed by atoms with E-state index in [1.807, 2.05) is 19.1 Å². The van der Waals surface area contributed by atoms with Crippen molar-refractivity contribution in [2.75, 3.05) is 7.05 Å². The van der Waals surface area contributed by atoms with Gasteiger partial charge < -0.3 is 18.5 Å². The summed E-state index contributed by atoms with van der Waals surface area (Å²) in [5.74, 6) is 2.19. The van der Waals surface area contributed by atoms with Gasteiger partial charge in [0.1, 0.15) is 35.5 Å². The molecule has 0 bridgehead atoms. The predicted octanol–water partition coefficient (Wildman–Crippen LogP) is 4.17. The van der Waals surface area contributed by atoms with Crippen LogP contribution in [0.4, 0.5) is 4.39 Å². The predicted molar refractivity (Wildman–Crippen MR) is 88.7 cm³/mol. The summed E-state index contributed by atoms with van der Waals surface area (Å²) in [4.78, 5) is 13.9. The molecule has 6 heteroatoms. The lowest BCUT2D eigenvalue weighted by atomic mass is 10.3. The van der Waals surface area contributed by atoms with Crippen molar-refractivity contribution in [2.24, 2.45) is 0 Å². The first-order valence-electron chi connectivity index (χ1n) is 7.79. The van der Waals surface area contributed by atoms with E-state index >= 15 is 0 Å². The van der Waals surface area contributed by atoms with Crippen LogP contribution < -0.4 is 4.74 Å². The Bertz CT molecular complexity index is 850. The van der Waals surface area contributed by atoms with Gasteiger partial charge in [-0.05, 0) is 55.5 Å². The molecular formula is C19H18FNO4. The van der Waals surface area contributed by atoms with Crippen molar-refractivity contribution < 1.29 is 22.8 Å². The van der Waals surface area contributed by atoms with Crippen molar-refractivity contribution in [1.82, 2.24) is 4.90 Å². The van der Waals surface area contributed by atoms with Gasteiger partial charge in [-0.15, -0.1) is 0 Å². The molecule has 0 N–H and O–H groups in total. The number of rotatable bonds is 6. The van der Waals surface area contributed by atoms with Gasteiger partial charge in [-0.25, -0.2) is 4.39 Å². The Kier molecular flexibility index (Phi) is 4.88. The summed E-state index contributed by atoms with van der Waals surface area (Å²) < 4.78 is 29.4. The van der Waals surface area contributed by atoms with E-state index in [-0.39, 0.29) is 24.1 Å². The summed E-state index contributed by atoms with van der Waals surface area (Å²) in [6, 6.07) is 12.7. The van der Waals surface area contributed by atoms with Crippen LogP contribution >= 0.6 is 0 Å². The number of aryl methyl sites for hydroxylation is 1. The monoisotopic (exact) mass is 343 g/mol. The number of amides is 1. The first-order valence-corrected chi connectivity index (χ1v) is 7.79. The van der Waals surface area contributed by atoms with E-state index in [2.05, 4.69) is 0 Å². The second-order valence-corrected chi connectivity index (χ2v) is 5.68. The Balaban J connectivity index is 1.58. The quantitative estimate of drug-likeness (QED) is 0.674. The maximum atomic E-state index is 12.9. The average Bonchev–Trinajstić information content (AvgIpc) is 3.23. The Morgan fingerprint density at radius 1 is 1.04 bits per heavy atom. The van der Waals surface area contributed by atoms with Crippen molar-refractivity contribution in [3.05, 3.63) is 77.4 Å². The highest BCUT2D eigenvalue weighted by atomic mass is 19.1. The molecule has 0 aliphatic carbocycles. The molecule has 0 unspecified atom stereocenters. The largest absolute Gasteiger partial charge is 0.486 e. The van der Waals surface area contributed by atoms with E-state index in [0.717, 1.165) is 5.76 Å². The molecule has 0 saturated heterocycles. The van der Waals surface area contributed by atoms with Crippen molar-refractivity contribution in [3.63, 3.8) is 0 Å². The Morgan fingerprint density at radius 2 is 1.76 bits per heavy atom. The van der Waals surface area contributed by atoms with Gasteiger partial charge in [0.15, 0.2) is 5.76 Å². The van der Waals surface area contributed by atoms with Crippen molar-refractivity contribution in [1.29, 1.82) is 0 Å². The molecule has 2 aromatic heterocycles. The first-order chi connectivity index (χ1) is 12.0. The van der Waals surface area contributed by atoms with Gasteiger partial charge in [-0.2, -0.15) is 0 Å². The van der Waals surface area contributed by atoms with E-state index in [1.54, 1.807) is 19.2 Å². The standard InChI is InChI=1S/C19H18FNO4/c1-13-3-6-16(24-13)11-21(2)19(22)18-10-9-17(25-18)12-23-15-7-4-14(20)5-8-15/h3-10H,11-12H2,1-2H3. The van der Waals surface area contributed by atoms with Crippen LogP contribution in [-0.4, -0.2) is 17.9 Å². The fourth-order valence-corrected chi connectivity index (χ4v) is 2.32. The van der Waals surface area contributed by atoms with Crippen LogP contribution in [0.15, 0.2) is 57.4 Å². The SMILES string of the molecule is Cc1ccc(CN(C)C(=O)c2ccc(COc3ccc(F)cc3)o2)o1. The topological polar surface area (TPSA) is 55.8 Å². The highest BCUT2D eigenvalue weighted by Gasteiger charge is 2.17. The highest BCUT2D eigenvalue weighted by molar-refractivity contribution is 5.91. The van der Waals surface area contributed by atoms with Crippen LogP contribution in [0, 0.1) is 12.7 Å². The molecule has 2 heterocycles.